The molecule has 9 heteroatoms. The third kappa shape index (κ3) is 6.27. The number of nitrogens with zero attached hydrogens (tertiary/aromatic N) is 2. The Morgan fingerprint density at radius 1 is 1.03 bits per heavy atom. The predicted molar refractivity (Wildman–Crippen MR) is 144 cm³/mol. The molecule has 1 aliphatic heterocycles. The van der Waals surface area contributed by atoms with Crippen LogP contribution in [-0.4, -0.2) is 80.6 Å². The molecule has 0 radical (unpaired) electrons. The van der Waals surface area contributed by atoms with Crippen molar-refractivity contribution in [3.05, 3.63) is 53.6 Å². The van der Waals surface area contributed by atoms with Gasteiger partial charge in [0.2, 0.25) is 5.91 Å². The van der Waals surface area contributed by atoms with Crippen LogP contribution in [0.2, 0.25) is 0 Å². The molecule has 1 saturated carbocycles. The van der Waals surface area contributed by atoms with Gasteiger partial charge in [0.05, 0.1) is 24.8 Å². The van der Waals surface area contributed by atoms with E-state index in [0.29, 0.717) is 41.4 Å². The molecule has 2 aromatic rings. The summed E-state index contributed by atoms with van der Waals surface area (Å²) >= 11 is 0. The first-order valence-electron chi connectivity index (χ1n) is 13.0. The van der Waals surface area contributed by atoms with Gasteiger partial charge in [-0.15, -0.1) is 0 Å². The average Bonchev–Trinajstić information content (AvgIpc) is 3.78. The maximum Gasteiger partial charge on any atom is 0.257 e. The third-order valence-electron chi connectivity index (χ3n) is 7.26. The molecule has 0 unspecified atom stereocenters. The van der Waals surface area contributed by atoms with E-state index in [1.165, 1.54) is 0 Å². The number of anilines is 1. The summed E-state index contributed by atoms with van der Waals surface area (Å²) in [6.45, 7) is 5.13. The number of benzene rings is 2. The molecule has 0 bridgehead atoms. The fourth-order valence-corrected chi connectivity index (χ4v) is 4.67. The SMILES string of the molecule is COc1ccc(C(=O)Nc2ccc3c(c2)C(=O)N(C)C[C@@H](OC)[C@H](C)CN(C(=O)C2CC2)[C@H](C)CO3)cc1. The lowest BCUT2D eigenvalue weighted by molar-refractivity contribution is -0.136. The highest BCUT2D eigenvalue weighted by Gasteiger charge is 2.37. The first-order valence-corrected chi connectivity index (χ1v) is 13.0. The Morgan fingerprint density at radius 3 is 2.37 bits per heavy atom. The van der Waals surface area contributed by atoms with Gasteiger partial charge in [0.1, 0.15) is 18.1 Å². The Labute approximate surface area is 224 Å². The van der Waals surface area contributed by atoms with E-state index in [-0.39, 0.29) is 48.3 Å². The van der Waals surface area contributed by atoms with Crippen molar-refractivity contribution in [2.45, 2.75) is 38.8 Å². The highest BCUT2D eigenvalue weighted by atomic mass is 16.5. The Balaban J connectivity index is 1.61. The molecule has 4 rings (SSSR count). The van der Waals surface area contributed by atoms with E-state index in [0.717, 1.165) is 12.8 Å². The summed E-state index contributed by atoms with van der Waals surface area (Å²) < 4.78 is 17.1. The molecule has 38 heavy (non-hydrogen) atoms. The van der Waals surface area contributed by atoms with E-state index in [9.17, 15) is 14.4 Å². The first-order chi connectivity index (χ1) is 18.2. The Hall–Kier alpha value is -3.59. The molecule has 3 atom stereocenters. The fourth-order valence-electron chi connectivity index (χ4n) is 4.67. The number of rotatable bonds is 5. The second-order valence-corrected chi connectivity index (χ2v) is 10.3. The Morgan fingerprint density at radius 2 is 1.74 bits per heavy atom. The number of hydrogen-bond acceptors (Lipinski definition) is 6. The van der Waals surface area contributed by atoms with Crippen molar-refractivity contribution in [2.75, 3.05) is 46.3 Å². The Kier molecular flexibility index (Phi) is 8.56. The van der Waals surface area contributed by atoms with Gasteiger partial charge < -0.3 is 29.3 Å². The molecule has 1 fully saturated rings. The predicted octanol–water partition coefficient (Wildman–Crippen LogP) is 3.69. The van der Waals surface area contributed by atoms with Gasteiger partial charge in [-0.2, -0.15) is 0 Å². The molecular formula is C29H37N3O6. The van der Waals surface area contributed by atoms with Crippen LogP contribution in [0.1, 0.15) is 47.4 Å². The molecule has 0 spiro atoms. The van der Waals surface area contributed by atoms with Gasteiger partial charge in [-0.3, -0.25) is 14.4 Å². The largest absolute Gasteiger partial charge is 0.497 e. The van der Waals surface area contributed by atoms with Crippen LogP contribution in [-0.2, 0) is 9.53 Å². The molecule has 2 aromatic carbocycles. The zero-order chi connectivity index (χ0) is 27.4. The van der Waals surface area contributed by atoms with Gasteiger partial charge >= 0.3 is 0 Å². The summed E-state index contributed by atoms with van der Waals surface area (Å²) in [5, 5.41) is 2.86. The van der Waals surface area contributed by atoms with Crippen LogP contribution in [0.4, 0.5) is 5.69 Å². The number of methoxy groups -OCH3 is 2. The van der Waals surface area contributed by atoms with Crippen molar-refractivity contribution in [3.63, 3.8) is 0 Å². The minimum absolute atomic E-state index is 0.00872. The standard InChI is InChI=1S/C29H37N3O6/c1-18-15-32(28(34)21-6-7-21)19(2)17-38-25-13-10-22(14-24(25)29(35)31(3)16-26(18)37-5)30-27(33)20-8-11-23(36-4)12-9-20/h8-14,18-19,21,26H,6-7,15-17H2,1-5H3,(H,30,33)/t18-,19-,26-/m1/s1. The van der Waals surface area contributed by atoms with E-state index in [1.54, 1.807) is 68.6 Å². The molecule has 3 amide bonds. The molecule has 2 aliphatic rings. The van der Waals surface area contributed by atoms with Crippen molar-refractivity contribution in [3.8, 4) is 11.5 Å². The van der Waals surface area contributed by atoms with E-state index < -0.39 is 0 Å². The lowest BCUT2D eigenvalue weighted by atomic mass is 10.0. The number of hydrogen-bond donors (Lipinski definition) is 1. The van der Waals surface area contributed by atoms with Gasteiger partial charge in [0.25, 0.3) is 11.8 Å². The number of carbonyl (C=O) groups is 3. The van der Waals surface area contributed by atoms with E-state index in [4.69, 9.17) is 14.2 Å². The van der Waals surface area contributed by atoms with Crippen molar-refractivity contribution < 1.29 is 28.6 Å². The summed E-state index contributed by atoms with van der Waals surface area (Å²) in [6.07, 6.45) is 1.60. The molecule has 0 aromatic heterocycles. The van der Waals surface area contributed by atoms with Gasteiger partial charge in [-0.05, 0) is 62.2 Å². The second kappa shape index (κ2) is 11.9. The average molecular weight is 524 g/mol. The fraction of sp³-hybridized carbons (Fsp3) is 0.483. The van der Waals surface area contributed by atoms with Gasteiger partial charge in [-0.1, -0.05) is 6.92 Å². The minimum Gasteiger partial charge on any atom is -0.497 e. The van der Waals surface area contributed by atoms with Crippen molar-refractivity contribution in [1.29, 1.82) is 0 Å². The van der Waals surface area contributed by atoms with Gasteiger partial charge in [0.15, 0.2) is 0 Å². The molecule has 9 nitrogen and oxygen atoms in total. The smallest absolute Gasteiger partial charge is 0.257 e. The van der Waals surface area contributed by atoms with Crippen LogP contribution < -0.4 is 14.8 Å². The maximum absolute atomic E-state index is 13.6. The van der Waals surface area contributed by atoms with Gasteiger partial charge in [-0.25, -0.2) is 0 Å². The molecule has 1 heterocycles. The number of nitrogens with one attached hydrogen (secondary N) is 1. The first kappa shape index (κ1) is 27.4. The van der Waals surface area contributed by atoms with E-state index in [2.05, 4.69) is 5.32 Å². The van der Waals surface area contributed by atoms with Crippen LogP contribution in [0.3, 0.4) is 0 Å². The summed E-state index contributed by atoms with van der Waals surface area (Å²) in [5.41, 5.74) is 1.26. The number of fused-ring (bicyclic) bond motifs is 1. The Bertz CT molecular complexity index is 1160. The van der Waals surface area contributed by atoms with E-state index >= 15 is 0 Å². The lowest BCUT2D eigenvalue weighted by Crippen LogP contribution is -2.49. The normalized spacial score (nSPS) is 22.4. The maximum atomic E-state index is 13.6. The third-order valence-corrected chi connectivity index (χ3v) is 7.26. The van der Waals surface area contributed by atoms with Crippen LogP contribution in [0.5, 0.6) is 11.5 Å². The van der Waals surface area contributed by atoms with Crippen molar-refractivity contribution in [1.82, 2.24) is 9.80 Å². The van der Waals surface area contributed by atoms with Crippen LogP contribution in [0, 0.1) is 11.8 Å². The zero-order valence-corrected chi connectivity index (χ0v) is 22.7. The van der Waals surface area contributed by atoms with Crippen molar-refractivity contribution in [2.24, 2.45) is 11.8 Å². The zero-order valence-electron chi connectivity index (χ0n) is 22.7. The van der Waals surface area contributed by atoms with Crippen LogP contribution in [0.25, 0.3) is 0 Å². The lowest BCUT2D eigenvalue weighted by Gasteiger charge is -2.36. The number of ether oxygens (including phenoxy) is 3. The number of amides is 3. The number of likely N-dealkylation sites (N-methyl/N-ethyl adjacent to an activating group) is 1. The minimum atomic E-state index is -0.307. The topological polar surface area (TPSA) is 97.4 Å². The molecule has 1 aliphatic carbocycles. The quantitative estimate of drug-likeness (QED) is 0.642. The summed E-state index contributed by atoms with van der Waals surface area (Å²) in [7, 11) is 4.91. The van der Waals surface area contributed by atoms with Crippen LogP contribution in [0.15, 0.2) is 42.5 Å². The highest BCUT2D eigenvalue weighted by Crippen LogP contribution is 2.33. The van der Waals surface area contributed by atoms with E-state index in [1.807, 2.05) is 18.7 Å². The van der Waals surface area contributed by atoms with Gasteiger partial charge in [0, 0.05) is 50.3 Å². The summed E-state index contributed by atoms with van der Waals surface area (Å²) in [5.74, 6) is 0.759. The summed E-state index contributed by atoms with van der Waals surface area (Å²) in [6, 6.07) is 11.6. The molecule has 1 N–H and O–H groups in total. The second-order valence-electron chi connectivity index (χ2n) is 10.3. The monoisotopic (exact) mass is 523 g/mol. The molecule has 204 valence electrons. The van der Waals surface area contributed by atoms with Crippen molar-refractivity contribution >= 4 is 23.4 Å². The molecular weight excluding hydrogens is 486 g/mol. The highest BCUT2D eigenvalue weighted by molar-refractivity contribution is 6.05. The molecule has 0 saturated heterocycles. The van der Waals surface area contributed by atoms with Crippen LogP contribution >= 0.6 is 0 Å². The summed E-state index contributed by atoms with van der Waals surface area (Å²) in [4.78, 5) is 43.0. The number of carbonyl (C=O) groups excluding carboxylic acids is 3.